The number of carbonyl (C=O) groups is 2. The third-order valence-corrected chi connectivity index (χ3v) is 2.60. The SMILES string of the molecule is C[C@H]1CC(=O)C[C@H](C)N1C(=O)OC(C)(C)C. The van der Waals surface area contributed by atoms with Crippen LogP contribution in [0.2, 0.25) is 0 Å². The van der Waals surface area contributed by atoms with Crippen molar-refractivity contribution in [1.29, 1.82) is 0 Å². The van der Waals surface area contributed by atoms with Gasteiger partial charge in [-0.3, -0.25) is 4.79 Å². The van der Waals surface area contributed by atoms with E-state index in [9.17, 15) is 9.59 Å². The fourth-order valence-corrected chi connectivity index (χ4v) is 2.05. The van der Waals surface area contributed by atoms with Crippen LogP contribution in [-0.2, 0) is 9.53 Å². The molecule has 4 heteroatoms. The van der Waals surface area contributed by atoms with E-state index >= 15 is 0 Å². The first-order valence-corrected chi connectivity index (χ1v) is 5.73. The quantitative estimate of drug-likeness (QED) is 0.638. The summed E-state index contributed by atoms with van der Waals surface area (Å²) in [6.07, 6.45) is 0.549. The molecule has 0 bridgehead atoms. The number of ether oxygens (including phenoxy) is 1. The van der Waals surface area contributed by atoms with Crippen molar-refractivity contribution in [3.05, 3.63) is 0 Å². The minimum atomic E-state index is -0.488. The Balaban J connectivity index is 2.71. The summed E-state index contributed by atoms with van der Waals surface area (Å²) in [4.78, 5) is 25.0. The Hall–Kier alpha value is -1.06. The maximum absolute atomic E-state index is 11.9. The van der Waals surface area contributed by atoms with E-state index in [0.29, 0.717) is 12.8 Å². The molecular formula is C12H21NO3. The number of ketones is 1. The van der Waals surface area contributed by atoms with Gasteiger partial charge in [-0.05, 0) is 34.6 Å². The maximum atomic E-state index is 11.9. The fourth-order valence-electron chi connectivity index (χ4n) is 2.05. The number of hydrogen-bond acceptors (Lipinski definition) is 3. The number of amides is 1. The zero-order valence-corrected chi connectivity index (χ0v) is 10.7. The molecule has 4 nitrogen and oxygen atoms in total. The normalized spacial score (nSPS) is 26.8. The van der Waals surface area contributed by atoms with Gasteiger partial charge >= 0.3 is 6.09 Å². The lowest BCUT2D eigenvalue weighted by Crippen LogP contribution is -2.51. The molecule has 0 aromatic carbocycles. The van der Waals surface area contributed by atoms with E-state index in [4.69, 9.17) is 4.74 Å². The minimum absolute atomic E-state index is 0.0638. The van der Waals surface area contributed by atoms with E-state index in [2.05, 4.69) is 0 Å². The molecule has 0 N–H and O–H groups in total. The number of piperidine rings is 1. The van der Waals surface area contributed by atoms with Crippen LogP contribution in [0.5, 0.6) is 0 Å². The van der Waals surface area contributed by atoms with Crippen LogP contribution in [0.15, 0.2) is 0 Å². The van der Waals surface area contributed by atoms with Gasteiger partial charge in [-0.1, -0.05) is 0 Å². The molecule has 1 fully saturated rings. The highest BCUT2D eigenvalue weighted by atomic mass is 16.6. The molecule has 16 heavy (non-hydrogen) atoms. The van der Waals surface area contributed by atoms with Crippen LogP contribution in [0.25, 0.3) is 0 Å². The molecule has 92 valence electrons. The van der Waals surface area contributed by atoms with Gasteiger partial charge < -0.3 is 9.64 Å². The van der Waals surface area contributed by atoms with Crippen LogP contribution in [0.3, 0.4) is 0 Å². The molecule has 0 aliphatic carbocycles. The number of rotatable bonds is 0. The average Bonchev–Trinajstić information content (AvgIpc) is 1.96. The largest absolute Gasteiger partial charge is 0.444 e. The number of nitrogens with zero attached hydrogens (tertiary/aromatic N) is 1. The van der Waals surface area contributed by atoms with E-state index in [1.54, 1.807) is 4.90 Å². The first-order valence-electron chi connectivity index (χ1n) is 5.73. The highest BCUT2D eigenvalue weighted by Crippen LogP contribution is 2.22. The Morgan fingerprint density at radius 2 is 1.69 bits per heavy atom. The van der Waals surface area contributed by atoms with Gasteiger partial charge in [0.1, 0.15) is 11.4 Å². The van der Waals surface area contributed by atoms with Crippen molar-refractivity contribution in [2.75, 3.05) is 0 Å². The molecule has 0 saturated carbocycles. The molecule has 2 atom stereocenters. The van der Waals surface area contributed by atoms with Gasteiger partial charge in [0.25, 0.3) is 0 Å². The zero-order valence-electron chi connectivity index (χ0n) is 10.7. The Morgan fingerprint density at radius 3 is 2.06 bits per heavy atom. The van der Waals surface area contributed by atoms with Crippen molar-refractivity contribution in [1.82, 2.24) is 4.90 Å². The van der Waals surface area contributed by atoms with Gasteiger partial charge in [0, 0.05) is 24.9 Å². The number of hydrogen-bond donors (Lipinski definition) is 0. The van der Waals surface area contributed by atoms with Gasteiger partial charge in [-0.15, -0.1) is 0 Å². The Kier molecular flexibility index (Phi) is 3.61. The predicted molar refractivity (Wildman–Crippen MR) is 61.2 cm³/mol. The standard InChI is InChI=1S/C12H21NO3/c1-8-6-10(14)7-9(2)13(8)11(15)16-12(3,4)5/h8-9H,6-7H2,1-5H3/t8-,9-/m0/s1. The summed E-state index contributed by atoms with van der Waals surface area (Å²) in [5, 5.41) is 0. The molecule has 1 aliphatic heterocycles. The van der Waals surface area contributed by atoms with Gasteiger partial charge in [0.2, 0.25) is 0 Å². The highest BCUT2D eigenvalue weighted by Gasteiger charge is 2.35. The third kappa shape index (κ3) is 3.22. The second kappa shape index (κ2) is 4.44. The van der Waals surface area contributed by atoms with Crippen LogP contribution in [-0.4, -0.2) is 34.5 Å². The molecule has 1 aliphatic rings. The lowest BCUT2D eigenvalue weighted by molar-refractivity contribution is -0.124. The molecule has 0 radical (unpaired) electrons. The predicted octanol–water partition coefficient (Wildman–Crippen LogP) is 2.36. The number of likely N-dealkylation sites (tertiary alicyclic amines) is 1. The van der Waals surface area contributed by atoms with E-state index in [1.165, 1.54) is 0 Å². The van der Waals surface area contributed by atoms with Crippen molar-refractivity contribution < 1.29 is 14.3 Å². The fraction of sp³-hybridized carbons (Fsp3) is 0.833. The summed E-state index contributed by atoms with van der Waals surface area (Å²) in [5.74, 6) is 0.222. The summed E-state index contributed by atoms with van der Waals surface area (Å²) in [5.41, 5.74) is -0.488. The van der Waals surface area contributed by atoms with E-state index in [-0.39, 0.29) is 24.0 Å². The first kappa shape index (κ1) is 13.0. The zero-order chi connectivity index (χ0) is 12.5. The topological polar surface area (TPSA) is 46.6 Å². The van der Waals surface area contributed by atoms with Crippen molar-refractivity contribution in [3.63, 3.8) is 0 Å². The average molecular weight is 227 g/mol. The molecule has 0 spiro atoms. The molecule has 0 unspecified atom stereocenters. The lowest BCUT2D eigenvalue weighted by atomic mass is 9.97. The number of Topliss-reactive ketones (excluding diaryl/α,β-unsaturated/α-hetero) is 1. The minimum Gasteiger partial charge on any atom is -0.444 e. The van der Waals surface area contributed by atoms with E-state index < -0.39 is 5.60 Å². The van der Waals surface area contributed by atoms with Gasteiger partial charge in [-0.2, -0.15) is 0 Å². The van der Waals surface area contributed by atoms with Crippen LogP contribution in [0.4, 0.5) is 4.79 Å². The third-order valence-electron chi connectivity index (χ3n) is 2.60. The van der Waals surface area contributed by atoms with Crippen molar-refractivity contribution in [2.24, 2.45) is 0 Å². The van der Waals surface area contributed by atoms with Crippen LogP contribution in [0.1, 0.15) is 47.5 Å². The molecule has 0 aromatic heterocycles. The molecule has 1 heterocycles. The first-order chi connectivity index (χ1) is 7.20. The van der Waals surface area contributed by atoms with Gasteiger partial charge in [0.05, 0.1) is 0 Å². The maximum Gasteiger partial charge on any atom is 0.410 e. The van der Waals surface area contributed by atoms with Crippen molar-refractivity contribution in [3.8, 4) is 0 Å². The highest BCUT2D eigenvalue weighted by molar-refractivity contribution is 5.82. The second-order valence-corrected chi connectivity index (χ2v) is 5.53. The lowest BCUT2D eigenvalue weighted by Gasteiger charge is -2.38. The summed E-state index contributed by atoms with van der Waals surface area (Å²) in [6, 6.07) is -0.128. The summed E-state index contributed by atoms with van der Waals surface area (Å²) in [7, 11) is 0. The van der Waals surface area contributed by atoms with E-state index in [1.807, 2.05) is 34.6 Å². The second-order valence-electron chi connectivity index (χ2n) is 5.53. The summed E-state index contributed by atoms with van der Waals surface area (Å²) < 4.78 is 5.33. The summed E-state index contributed by atoms with van der Waals surface area (Å²) >= 11 is 0. The molecule has 1 saturated heterocycles. The van der Waals surface area contributed by atoms with E-state index in [0.717, 1.165) is 0 Å². The molecule has 1 amide bonds. The van der Waals surface area contributed by atoms with Crippen LogP contribution in [0, 0.1) is 0 Å². The van der Waals surface area contributed by atoms with Gasteiger partial charge in [-0.25, -0.2) is 4.79 Å². The van der Waals surface area contributed by atoms with Crippen LogP contribution < -0.4 is 0 Å². The van der Waals surface area contributed by atoms with Crippen molar-refractivity contribution >= 4 is 11.9 Å². The van der Waals surface area contributed by atoms with Crippen LogP contribution >= 0.6 is 0 Å². The van der Waals surface area contributed by atoms with Crippen molar-refractivity contribution in [2.45, 2.75) is 65.1 Å². The monoisotopic (exact) mass is 227 g/mol. The Labute approximate surface area is 96.9 Å². The summed E-state index contributed by atoms with van der Waals surface area (Å²) in [6.45, 7) is 9.30. The Morgan fingerprint density at radius 1 is 1.25 bits per heavy atom. The van der Waals surface area contributed by atoms with Gasteiger partial charge in [0.15, 0.2) is 0 Å². The number of carbonyl (C=O) groups excluding carboxylic acids is 2. The smallest absolute Gasteiger partial charge is 0.410 e. The Bertz CT molecular complexity index is 279. The molecular weight excluding hydrogens is 206 g/mol. The molecule has 1 rings (SSSR count). The molecule has 0 aromatic rings.